The number of rotatable bonds is 3. The molecule has 25 heavy (non-hydrogen) atoms. The van der Waals surface area contributed by atoms with E-state index < -0.39 is 0 Å². The molecule has 1 N–H and O–H groups in total. The van der Waals surface area contributed by atoms with E-state index in [-0.39, 0.29) is 0 Å². The van der Waals surface area contributed by atoms with Crippen molar-refractivity contribution in [2.75, 3.05) is 5.32 Å². The summed E-state index contributed by atoms with van der Waals surface area (Å²) in [6, 6.07) is 17.7. The molecule has 4 rings (SSSR count). The predicted octanol–water partition coefficient (Wildman–Crippen LogP) is 6.72. The summed E-state index contributed by atoms with van der Waals surface area (Å²) in [5.41, 5.74) is 1.96. The van der Waals surface area contributed by atoms with Gasteiger partial charge in [0.1, 0.15) is 16.5 Å². The van der Waals surface area contributed by atoms with Gasteiger partial charge in [0.2, 0.25) is 0 Å². The minimum Gasteiger partial charge on any atom is -0.339 e. The largest absolute Gasteiger partial charge is 0.339 e. The molecule has 0 aliphatic rings. The van der Waals surface area contributed by atoms with Crippen LogP contribution in [-0.4, -0.2) is 9.97 Å². The van der Waals surface area contributed by atoms with Gasteiger partial charge >= 0.3 is 0 Å². The fraction of sp³-hybridized carbons (Fsp3) is 0.0526. The molecule has 0 fully saturated rings. The zero-order chi connectivity index (χ0) is 17.4. The monoisotopic (exact) mass is 385 g/mol. The van der Waals surface area contributed by atoms with Crippen molar-refractivity contribution in [1.29, 1.82) is 0 Å². The number of fused-ring (bicyclic) bond motifs is 1. The van der Waals surface area contributed by atoms with Crippen LogP contribution in [0.15, 0.2) is 54.6 Å². The normalized spacial score (nSPS) is 11.0. The van der Waals surface area contributed by atoms with Crippen LogP contribution >= 0.6 is 34.5 Å². The van der Waals surface area contributed by atoms with Gasteiger partial charge in [-0.1, -0.05) is 53.5 Å². The smallest absolute Gasteiger partial charge is 0.142 e. The average molecular weight is 386 g/mol. The molecule has 0 aliphatic heterocycles. The van der Waals surface area contributed by atoms with Gasteiger partial charge in [0.15, 0.2) is 0 Å². The molecule has 0 saturated heterocycles. The highest BCUT2D eigenvalue weighted by atomic mass is 35.5. The molecular formula is C19H13Cl2N3S. The Balaban J connectivity index is 1.81. The van der Waals surface area contributed by atoms with Gasteiger partial charge in [-0.25, -0.2) is 9.97 Å². The second-order valence-electron chi connectivity index (χ2n) is 5.60. The lowest BCUT2D eigenvalue weighted by Crippen LogP contribution is -1.97. The third kappa shape index (κ3) is 3.47. The molecule has 2 aromatic carbocycles. The maximum absolute atomic E-state index is 6.09. The number of halogens is 2. The van der Waals surface area contributed by atoms with E-state index in [1.54, 1.807) is 17.4 Å². The molecule has 6 heteroatoms. The van der Waals surface area contributed by atoms with E-state index in [2.05, 4.69) is 33.5 Å². The van der Waals surface area contributed by atoms with E-state index in [9.17, 15) is 0 Å². The summed E-state index contributed by atoms with van der Waals surface area (Å²) in [7, 11) is 0. The van der Waals surface area contributed by atoms with E-state index in [4.69, 9.17) is 23.2 Å². The van der Waals surface area contributed by atoms with Crippen molar-refractivity contribution in [3.63, 3.8) is 0 Å². The van der Waals surface area contributed by atoms with Crippen LogP contribution in [0.5, 0.6) is 0 Å². The third-order valence-corrected chi connectivity index (χ3v) is 5.20. The van der Waals surface area contributed by atoms with Crippen molar-refractivity contribution in [2.24, 2.45) is 0 Å². The summed E-state index contributed by atoms with van der Waals surface area (Å²) >= 11 is 13.8. The molecule has 0 bridgehead atoms. The third-order valence-electron chi connectivity index (χ3n) is 3.69. The molecule has 0 amide bonds. The lowest BCUT2D eigenvalue weighted by atomic mass is 10.2. The standard InChI is InChI=1S/C19H13Cl2N3S/c1-11-22-18(24-15-8-13(20)7-14(21)9-15)16-10-17(25-19(16)23-11)12-5-3-2-4-6-12/h2-10H,1H3,(H,22,23,24). The lowest BCUT2D eigenvalue weighted by molar-refractivity contribution is 1.10. The van der Waals surface area contributed by atoms with Gasteiger partial charge in [-0.15, -0.1) is 11.3 Å². The Morgan fingerprint density at radius 2 is 1.64 bits per heavy atom. The van der Waals surface area contributed by atoms with Gasteiger partial charge in [-0.05, 0) is 36.8 Å². The van der Waals surface area contributed by atoms with Gasteiger partial charge in [0.05, 0.1) is 5.39 Å². The number of nitrogens with one attached hydrogen (secondary N) is 1. The summed E-state index contributed by atoms with van der Waals surface area (Å²) in [6.07, 6.45) is 0. The van der Waals surface area contributed by atoms with Crippen LogP contribution in [0, 0.1) is 6.92 Å². The minimum atomic E-state index is 0.576. The van der Waals surface area contributed by atoms with Gasteiger partial charge in [-0.2, -0.15) is 0 Å². The Hall–Kier alpha value is -2.14. The quantitative estimate of drug-likeness (QED) is 0.425. The predicted molar refractivity (Wildman–Crippen MR) is 107 cm³/mol. The fourth-order valence-electron chi connectivity index (χ4n) is 2.63. The molecule has 0 unspecified atom stereocenters. The maximum Gasteiger partial charge on any atom is 0.142 e. The van der Waals surface area contributed by atoms with E-state index in [0.717, 1.165) is 26.6 Å². The van der Waals surface area contributed by atoms with Gasteiger partial charge in [0, 0.05) is 20.6 Å². The van der Waals surface area contributed by atoms with Crippen LogP contribution in [0.4, 0.5) is 11.5 Å². The van der Waals surface area contributed by atoms with Crippen LogP contribution in [0.3, 0.4) is 0 Å². The number of benzene rings is 2. The van der Waals surface area contributed by atoms with Crippen LogP contribution in [0.1, 0.15) is 5.82 Å². The van der Waals surface area contributed by atoms with Crippen molar-refractivity contribution in [3.05, 3.63) is 70.5 Å². The summed E-state index contributed by atoms with van der Waals surface area (Å²) < 4.78 is 0. The second-order valence-corrected chi connectivity index (χ2v) is 7.50. The number of nitrogens with zero attached hydrogens (tertiary/aromatic N) is 2. The minimum absolute atomic E-state index is 0.576. The van der Waals surface area contributed by atoms with Crippen molar-refractivity contribution in [2.45, 2.75) is 6.92 Å². The zero-order valence-electron chi connectivity index (χ0n) is 13.3. The first-order valence-corrected chi connectivity index (χ1v) is 9.22. The molecule has 124 valence electrons. The molecule has 2 heterocycles. The number of hydrogen-bond donors (Lipinski definition) is 1. The van der Waals surface area contributed by atoms with Crippen molar-refractivity contribution in [1.82, 2.24) is 9.97 Å². The highest BCUT2D eigenvalue weighted by molar-refractivity contribution is 7.21. The first kappa shape index (κ1) is 16.3. The summed E-state index contributed by atoms with van der Waals surface area (Å²) in [6.45, 7) is 1.89. The number of anilines is 2. The van der Waals surface area contributed by atoms with Crippen molar-refractivity contribution < 1.29 is 0 Å². The lowest BCUT2D eigenvalue weighted by Gasteiger charge is -2.08. The van der Waals surface area contributed by atoms with Gasteiger partial charge in [0.25, 0.3) is 0 Å². The van der Waals surface area contributed by atoms with Crippen molar-refractivity contribution in [3.8, 4) is 10.4 Å². The van der Waals surface area contributed by atoms with Crippen LogP contribution in [-0.2, 0) is 0 Å². The Labute approximate surface area is 159 Å². The topological polar surface area (TPSA) is 37.8 Å². The van der Waals surface area contributed by atoms with Crippen LogP contribution in [0.25, 0.3) is 20.7 Å². The maximum atomic E-state index is 6.09. The number of aromatic nitrogens is 2. The molecular weight excluding hydrogens is 373 g/mol. The van der Waals surface area contributed by atoms with Gasteiger partial charge in [-0.3, -0.25) is 0 Å². The SMILES string of the molecule is Cc1nc(Nc2cc(Cl)cc(Cl)c2)c2cc(-c3ccccc3)sc2n1. The molecule has 2 aromatic heterocycles. The van der Waals surface area contributed by atoms with Crippen LogP contribution < -0.4 is 5.32 Å². The zero-order valence-corrected chi connectivity index (χ0v) is 15.6. The van der Waals surface area contributed by atoms with E-state index >= 15 is 0 Å². The molecule has 0 radical (unpaired) electrons. The van der Waals surface area contributed by atoms with E-state index in [0.29, 0.717) is 15.9 Å². The Morgan fingerprint density at radius 1 is 0.920 bits per heavy atom. The molecule has 4 aromatic rings. The van der Waals surface area contributed by atoms with E-state index in [1.165, 1.54) is 5.56 Å². The highest BCUT2D eigenvalue weighted by Gasteiger charge is 2.12. The van der Waals surface area contributed by atoms with Crippen LogP contribution in [0.2, 0.25) is 10.0 Å². The summed E-state index contributed by atoms with van der Waals surface area (Å²) in [5, 5.41) is 5.45. The highest BCUT2D eigenvalue weighted by Crippen LogP contribution is 2.36. The second kappa shape index (κ2) is 6.64. The summed E-state index contributed by atoms with van der Waals surface area (Å²) in [4.78, 5) is 11.2. The molecule has 3 nitrogen and oxygen atoms in total. The average Bonchev–Trinajstić information content (AvgIpc) is 2.99. The molecule has 0 aliphatic carbocycles. The first-order valence-electron chi connectivity index (χ1n) is 7.65. The fourth-order valence-corrected chi connectivity index (χ4v) is 4.24. The van der Waals surface area contributed by atoms with Crippen molar-refractivity contribution >= 4 is 56.3 Å². The Kier molecular flexibility index (Phi) is 4.34. The van der Waals surface area contributed by atoms with E-state index in [1.807, 2.05) is 37.3 Å². The number of hydrogen-bond acceptors (Lipinski definition) is 4. The van der Waals surface area contributed by atoms with Gasteiger partial charge < -0.3 is 5.32 Å². The number of thiophene rings is 1. The Bertz CT molecular complexity index is 1040. The molecule has 0 atom stereocenters. The summed E-state index contributed by atoms with van der Waals surface area (Å²) in [5.74, 6) is 1.46. The first-order chi connectivity index (χ1) is 12.1. The number of aryl methyl sites for hydroxylation is 1. The Morgan fingerprint density at radius 3 is 2.36 bits per heavy atom. The molecule has 0 saturated carbocycles. The molecule has 0 spiro atoms.